The number of amides is 1. The molecular weight excluding hydrogens is 364 g/mol. The largest absolute Gasteiger partial charge is 0.490 e. The van der Waals surface area contributed by atoms with Crippen molar-refractivity contribution in [1.29, 1.82) is 0 Å². The van der Waals surface area contributed by atoms with E-state index < -0.39 is 61.4 Å². The van der Waals surface area contributed by atoms with Gasteiger partial charge in [-0.1, -0.05) is 6.92 Å². The molecule has 1 aliphatic heterocycles. The van der Waals surface area contributed by atoms with Crippen LogP contribution in [-0.4, -0.2) is 59.9 Å². The van der Waals surface area contributed by atoms with E-state index in [1.807, 2.05) is 0 Å². The van der Waals surface area contributed by atoms with Crippen LogP contribution in [0.25, 0.3) is 0 Å². The van der Waals surface area contributed by atoms with Crippen molar-refractivity contribution in [3.05, 3.63) is 0 Å². The van der Waals surface area contributed by atoms with Crippen LogP contribution in [0.2, 0.25) is 0 Å². The number of hydrogen-bond donors (Lipinski definition) is 0. The molecule has 6 nitrogen and oxygen atoms in total. The maximum Gasteiger partial charge on any atom is 0.490 e. The van der Waals surface area contributed by atoms with Gasteiger partial charge in [0.05, 0.1) is 12.6 Å². The molecule has 0 spiro atoms. The molecule has 144 valence electrons. The van der Waals surface area contributed by atoms with Crippen LogP contribution in [0, 0.1) is 0 Å². The Morgan fingerprint density at radius 1 is 1.12 bits per heavy atom. The van der Waals surface area contributed by atoms with Gasteiger partial charge in [0, 0.05) is 6.42 Å². The topological polar surface area (TPSA) is 72.9 Å². The third kappa shape index (κ3) is 5.49. The first-order chi connectivity index (χ1) is 11.3. The van der Waals surface area contributed by atoms with Gasteiger partial charge in [-0.25, -0.2) is 9.59 Å². The average molecular weight is 379 g/mol. The molecule has 0 N–H and O–H groups in total. The standard InChI is InChI=1S/C13H15F6NO5/c1-3-6(2)24-9(21)8-4-7(25-11(23)13(17,18)19)5-20(8)10(22)12(14,15)16/h6-8H,3-5H2,1-2H3/t6?,7-,8+/m1/s1. The number of rotatable bonds is 4. The highest BCUT2D eigenvalue weighted by atomic mass is 19.4. The second-order valence-corrected chi connectivity index (χ2v) is 5.39. The van der Waals surface area contributed by atoms with E-state index in [1.165, 1.54) is 6.92 Å². The summed E-state index contributed by atoms with van der Waals surface area (Å²) in [7, 11) is 0. The summed E-state index contributed by atoms with van der Waals surface area (Å²) in [4.78, 5) is 34.2. The van der Waals surface area contributed by atoms with E-state index in [9.17, 15) is 40.7 Å². The minimum absolute atomic E-state index is 0.0129. The predicted octanol–water partition coefficient (Wildman–Crippen LogP) is 1.97. The lowest BCUT2D eigenvalue weighted by molar-refractivity contribution is -0.204. The summed E-state index contributed by atoms with van der Waals surface area (Å²) >= 11 is 0. The number of carbonyl (C=O) groups excluding carboxylic acids is 3. The molecule has 0 bridgehead atoms. The van der Waals surface area contributed by atoms with E-state index in [0.717, 1.165) is 0 Å². The SMILES string of the molecule is CCC(C)OC(=O)[C@@H]1C[C@@H](OC(=O)C(F)(F)F)CN1C(=O)C(F)(F)F. The Balaban J connectivity index is 2.95. The predicted molar refractivity (Wildman–Crippen MR) is 68.0 cm³/mol. The number of hydrogen-bond acceptors (Lipinski definition) is 5. The molecule has 0 aromatic rings. The van der Waals surface area contributed by atoms with Gasteiger partial charge in [0.15, 0.2) is 0 Å². The second kappa shape index (κ2) is 7.48. The summed E-state index contributed by atoms with van der Waals surface area (Å²) < 4.78 is 83.3. The third-order valence-corrected chi connectivity index (χ3v) is 3.44. The summed E-state index contributed by atoms with van der Waals surface area (Å²) in [6.45, 7) is 2.07. The molecule has 3 atom stereocenters. The van der Waals surface area contributed by atoms with Crippen molar-refractivity contribution < 1.29 is 50.2 Å². The fraction of sp³-hybridized carbons (Fsp3) is 0.769. The Hall–Kier alpha value is -2.01. The van der Waals surface area contributed by atoms with Crippen molar-refractivity contribution in [2.75, 3.05) is 6.54 Å². The zero-order chi connectivity index (χ0) is 19.6. The highest BCUT2D eigenvalue weighted by Crippen LogP contribution is 2.29. The van der Waals surface area contributed by atoms with Gasteiger partial charge in [0.2, 0.25) is 0 Å². The molecule has 1 amide bonds. The first-order valence-electron chi connectivity index (χ1n) is 7.13. The number of esters is 2. The minimum atomic E-state index is -5.35. The highest BCUT2D eigenvalue weighted by Gasteiger charge is 2.52. The van der Waals surface area contributed by atoms with E-state index in [0.29, 0.717) is 6.42 Å². The Morgan fingerprint density at radius 3 is 2.12 bits per heavy atom. The molecule has 1 saturated heterocycles. The maximum atomic E-state index is 12.6. The molecule has 1 rings (SSSR count). The van der Waals surface area contributed by atoms with E-state index in [4.69, 9.17) is 4.74 Å². The van der Waals surface area contributed by atoms with Crippen LogP contribution in [0.1, 0.15) is 26.7 Å². The van der Waals surface area contributed by atoms with Crippen molar-refractivity contribution in [3.8, 4) is 0 Å². The maximum absolute atomic E-state index is 12.6. The van der Waals surface area contributed by atoms with E-state index in [2.05, 4.69) is 4.74 Å². The van der Waals surface area contributed by atoms with Crippen LogP contribution in [0.5, 0.6) is 0 Å². The lowest BCUT2D eigenvalue weighted by Crippen LogP contribution is -2.48. The summed E-state index contributed by atoms with van der Waals surface area (Å²) in [6, 6.07) is -1.80. The summed E-state index contributed by atoms with van der Waals surface area (Å²) in [5, 5.41) is 0. The smallest absolute Gasteiger partial charge is 0.461 e. The Morgan fingerprint density at radius 2 is 1.68 bits per heavy atom. The fourth-order valence-electron chi connectivity index (χ4n) is 2.07. The van der Waals surface area contributed by atoms with Gasteiger partial charge in [-0.05, 0) is 13.3 Å². The minimum Gasteiger partial charge on any atom is -0.461 e. The number of likely N-dealkylation sites (tertiary alicyclic amines) is 1. The average Bonchev–Trinajstić information content (AvgIpc) is 2.87. The molecular formula is C13H15F6NO5. The highest BCUT2D eigenvalue weighted by molar-refractivity contribution is 5.88. The molecule has 0 radical (unpaired) electrons. The zero-order valence-corrected chi connectivity index (χ0v) is 13.1. The van der Waals surface area contributed by atoms with Crippen LogP contribution in [0.15, 0.2) is 0 Å². The van der Waals surface area contributed by atoms with Crippen LogP contribution in [-0.2, 0) is 23.9 Å². The van der Waals surface area contributed by atoms with E-state index >= 15 is 0 Å². The molecule has 0 aliphatic carbocycles. The van der Waals surface area contributed by atoms with Crippen LogP contribution >= 0.6 is 0 Å². The monoisotopic (exact) mass is 379 g/mol. The van der Waals surface area contributed by atoms with E-state index in [1.54, 1.807) is 6.92 Å². The Kier molecular flexibility index (Phi) is 6.29. The molecule has 1 unspecified atom stereocenters. The van der Waals surface area contributed by atoms with Crippen molar-refractivity contribution in [2.24, 2.45) is 0 Å². The fourth-order valence-corrected chi connectivity index (χ4v) is 2.07. The van der Waals surface area contributed by atoms with Crippen molar-refractivity contribution in [3.63, 3.8) is 0 Å². The molecule has 1 fully saturated rings. The first-order valence-corrected chi connectivity index (χ1v) is 7.13. The molecule has 1 aliphatic rings. The summed E-state index contributed by atoms with van der Waals surface area (Å²) in [5.74, 6) is -6.26. The summed E-state index contributed by atoms with van der Waals surface area (Å²) in [6.07, 6.45) is -13.5. The molecule has 1 heterocycles. The number of alkyl halides is 6. The van der Waals surface area contributed by atoms with Crippen LogP contribution in [0.4, 0.5) is 26.3 Å². The Labute approximate surface area is 138 Å². The van der Waals surface area contributed by atoms with Gasteiger partial charge in [0.25, 0.3) is 0 Å². The number of nitrogens with zero attached hydrogens (tertiary/aromatic N) is 1. The third-order valence-electron chi connectivity index (χ3n) is 3.44. The van der Waals surface area contributed by atoms with Gasteiger partial charge >= 0.3 is 30.2 Å². The zero-order valence-electron chi connectivity index (χ0n) is 13.1. The van der Waals surface area contributed by atoms with Gasteiger partial charge in [-0.2, -0.15) is 26.3 Å². The molecule has 0 aromatic heterocycles. The molecule has 25 heavy (non-hydrogen) atoms. The van der Waals surface area contributed by atoms with Gasteiger partial charge in [-0.15, -0.1) is 0 Å². The van der Waals surface area contributed by atoms with E-state index in [-0.39, 0.29) is 4.90 Å². The van der Waals surface area contributed by atoms with Crippen LogP contribution < -0.4 is 0 Å². The lowest BCUT2D eigenvalue weighted by Gasteiger charge is -2.24. The number of halogens is 6. The molecule has 0 saturated carbocycles. The normalized spacial score (nSPS) is 22.5. The van der Waals surface area contributed by atoms with Gasteiger partial charge in [0.1, 0.15) is 12.1 Å². The summed E-state index contributed by atoms with van der Waals surface area (Å²) in [5.41, 5.74) is 0. The number of carbonyl (C=O) groups is 3. The second-order valence-electron chi connectivity index (χ2n) is 5.39. The molecule has 0 aromatic carbocycles. The Bertz CT molecular complexity index is 532. The van der Waals surface area contributed by atoms with Crippen molar-refractivity contribution in [1.82, 2.24) is 4.90 Å². The number of ether oxygens (including phenoxy) is 2. The first kappa shape index (κ1) is 21.0. The van der Waals surface area contributed by atoms with Crippen LogP contribution in [0.3, 0.4) is 0 Å². The van der Waals surface area contributed by atoms with Gasteiger partial charge in [-0.3, -0.25) is 4.79 Å². The van der Waals surface area contributed by atoms with Crippen molar-refractivity contribution in [2.45, 2.75) is 57.3 Å². The lowest BCUT2D eigenvalue weighted by atomic mass is 10.2. The van der Waals surface area contributed by atoms with Crippen molar-refractivity contribution >= 4 is 17.8 Å². The molecule has 12 heteroatoms. The quantitative estimate of drug-likeness (QED) is 0.552. The van der Waals surface area contributed by atoms with Gasteiger partial charge < -0.3 is 14.4 Å².